The first-order valence-electron chi connectivity index (χ1n) is 3.05. The third kappa shape index (κ3) is 5.63. The van der Waals surface area contributed by atoms with Crippen molar-refractivity contribution in [1.82, 2.24) is 5.32 Å². The highest BCUT2D eigenvalue weighted by atomic mass is 14.8. The van der Waals surface area contributed by atoms with Crippen LogP contribution >= 0.6 is 0 Å². The molecule has 0 aromatic rings. The molecule has 2 heteroatoms. The van der Waals surface area contributed by atoms with Crippen LogP contribution in [0.5, 0.6) is 0 Å². The molecular weight excluding hydrogens is 100 g/mol. The van der Waals surface area contributed by atoms with Crippen LogP contribution in [0.15, 0.2) is 4.99 Å². The maximum atomic E-state index is 3.72. The molecule has 0 saturated heterocycles. The fraction of sp³-hybridized carbons (Fsp3) is 0.833. The van der Waals surface area contributed by atoms with E-state index in [4.69, 9.17) is 0 Å². The lowest BCUT2D eigenvalue weighted by molar-refractivity contribution is 0.681. The molecular formula is C6H14N2. The van der Waals surface area contributed by atoms with Gasteiger partial charge >= 0.3 is 0 Å². The molecule has 48 valence electrons. The molecule has 0 aliphatic rings. The van der Waals surface area contributed by atoms with Crippen molar-refractivity contribution in [3.63, 3.8) is 0 Å². The van der Waals surface area contributed by atoms with Gasteiger partial charge in [-0.3, -0.25) is 0 Å². The predicted octanol–water partition coefficient (Wildman–Crippen LogP) is 0.687. The zero-order valence-corrected chi connectivity index (χ0v) is 5.48. The van der Waals surface area contributed by atoms with Crippen molar-refractivity contribution in [3.05, 3.63) is 0 Å². The maximum absolute atomic E-state index is 3.72. The summed E-state index contributed by atoms with van der Waals surface area (Å²) in [7, 11) is 0. The smallest absolute Gasteiger partial charge is 0.0394 e. The molecule has 0 fully saturated rings. The Morgan fingerprint density at radius 3 is 2.88 bits per heavy atom. The van der Waals surface area contributed by atoms with Gasteiger partial charge in [0.2, 0.25) is 0 Å². The van der Waals surface area contributed by atoms with E-state index in [9.17, 15) is 0 Å². The first kappa shape index (κ1) is 7.63. The Bertz CT molecular complexity index is 52.5. The van der Waals surface area contributed by atoms with Crippen LogP contribution in [0.2, 0.25) is 0 Å². The van der Waals surface area contributed by atoms with E-state index in [2.05, 4.69) is 24.0 Å². The summed E-state index contributed by atoms with van der Waals surface area (Å²) >= 11 is 0. The predicted molar refractivity (Wildman–Crippen MR) is 37.6 cm³/mol. The zero-order valence-electron chi connectivity index (χ0n) is 5.48. The van der Waals surface area contributed by atoms with Gasteiger partial charge in [0, 0.05) is 6.54 Å². The number of hydrogen-bond acceptors (Lipinski definition) is 2. The first-order chi connectivity index (χ1) is 3.91. The molecule has 0 bridgehead atoms. The van der Waals surface area contributed by atoms with Gasteiger partial charge in [-0.05, 0) is 26.2 Å². The van der Waals surface area contributed by atoms with Crippen LogP contribution in [0.4, 0.5) is 0 Å². The summed E-state index contributed by atoms with van der Waals surface area (Å²) in [6.45, 7) is 8.48. The molecule has 0 amide bonds. The summed E-state index contributed by atoms with van der Waals surface area (Å²) in [6, 6.07) is 0. The van der Waals surface area contributed by atoms with Crippen molar-refractivity contribution in [2.45, 2.75) is 13.3 Å². The van der Waals surface area contributed by atoms with Gasteiger partial charge < -0.3 is 10.3 Å². The van der Waals surface area contributed by atoms with Crippen molar-refractivity contribution in [2.75, 3.05) is 19.6 Å². The van der Waals surface area contributed by atoms with Gasteiger partial charge in [-0.1, -0.05) is 6.92 Å². The van der Waals surface area contributed by atoms with Crippen LogP contribution < -0.4 is 5.32 Å². The Morgan fingerprint density at radius 1 is 1.62 bits per heavy atom. The number of aliphatic imine (C=N–C) groups is 1. The van der Waals surface area contributed by atoms with E-state index in [0.717, 1.165) is 26.1 Å². The Hall–Kier alpha value is -0.370. The molecule has 0 unspecified atom stereocenters. The summed E-state index contributed by atoms with van der Waals surface area (Å²) < 4.78 is 0. The highest BCUT2D eigenvalue weighted by Crippen LogP contribution is 1.74. The maximum Gasteiger partial charge on any atom is 0.0394 e. The van der Waals surface area contributed by atoms with Gasteiger partial charge in [0.05, 0.1) is 0 Å². The molecule has 0 aromatic heterocycles. The molecule has 0 heterocycles. The molecule has 0 atom stereocenters. The summed E-state index contributed by atoms with van der Waals surface area (Å²) in [5, 5.41) is 3.20. The number of nitrogens with zero attached hydrogens (tertiary/aromatic N) is 1. The van der Waals surface area contributed by atoms with E-state index in [1.807, 2.05) is 0 Å². The Labute approximate surface area is 51.0 Å². The average molecular weight is 114 g/mol. The minimum atomic E-state index is 0.882. The fourth-order valence-corrected chi connectivity index (χ4v) is 0.493. The van der Waals surface area contributed by atoms with Crippen molar-refractivity contribution in [1.29, 1.82) is 0 Å². The van der Waals surface area contributed by atoms with E-state index in [1.54, 1.807) is 0 Å². The summed E-state index contributed by atoms with van der Waals surface area (Å²) in [5.74, 6) is 0. The fourth-order valence-electron chi connectivity index (χ4n) is 0.493. The molecule has 0 radical (unpaired) electrons. The molecule has 2 nitrogen and oxygen atoms in total. The minimum absolute atomic E-state index is 0.882. The topological polar surface area (TPSA) is 24.4 Å². The first-order valence-corrected chi connectivity index (χ1v) is 3.05. The Kier molecular flexibility index (Phi) is 6.32. The molecule has 0 saturated carbocycles. The number of rotatable bonds is 5. The van der Waals surface area contributed by atoms with E-state index in [0.29, 0.717) is 0 Å². The molecule has 0 aliphatic carbocycles. The van der Waals surface area contributed by atoms with E-state index in [1.165, 1.54) is 0 Å². The quantitative estimate of drug-likeness (QED) is 0.412. The summed E-state index contributed by atoms with van der Waals surface area (Å²) in [6.07, 6.45) is 1.11. The van der Waals surface area contributed by atoms with Gasteiger partial charge in [0.25, 0.3) is 0 Å². The lowest BCUT2D eigenvalue weighted by atomic mass is 10.4. The third-order valence-corrected chi connectivity index (χ3v) is 0.920. The van der Waals surface area contributed by atoms with Gasteiger partial charge in [0.15, 0.2) is 0 Å². The van der Waals surface area contributed by atoms with Crippen molar-refractivity contribution < 1.29 is 0 Å². The Morgan fingerprint density at radius 2 is 2.38 bits per heavy atom. The van der Waals surface area contributed by atoms with Gasteiger partial charge in [-0.25, -0.2) is 0 Å². The zero-order chi connectivity index (χ0) is 6.24. The van der Waals surface area contributed by atoms with Gasteiger partial charge in [-0.15, -0.1) is 0 Å². The highest BCUT2D eigenvalue weighted by Gasteiger charge is 1.79. The summed E-state index contributed by atoms with van der Waals surface area (Å²) in [4.78, 5) is 3.72. The summed E-state index contributed by atoms with van der Waals surface area (Å²) in [5.41, 5.74) is 0. The van der Waals surface area contributed by atoms with E-state index >= 15 is 0 Å². The molecule has 0 aliphatic heterocycles. The van der Waals surface area contributed by atoms with Crippen LogP contribution in [0, 0.1) is 0 Å². The second-order valence-corrected chi connectivity index (χ2v) is 1.65. The van der Waals surface area contributed by atoms with Crippen molar-refractivity contribution in [3.8, 4) is 0 Å². The Balaban J connectivity index is 2.62. The van der Waals surface area contributed by atoms with Gasteiger partial charge in [-0.2, -0.15) is 0 Å². The number of nitrogens with one attached hydrogen (secondary N) is 1. The minimum Gasteiger partial charge on any atom is -0.317 e. The van der Waals surface area contributed by atoms with Crippen LogP contribution in [0.3, 0.4) is 0 Å². The molecule has 0 spiro atoms. The second kappa shape index (κ2) is 6.63. The number of hydrogen-bond donors (Lipinski definition) is 1. The standard InChI is InChI=1S/C6H14N2/c1-3-8-6-4-5-7-2/h8H,2-6H2,1H3. The molecule has 1 N–H and O–H groups in total. The van der Waals surface area contributed by atoms with E-state index < -0.39 is 0 Å². The van der Waals surface area contributed by atoms with Gasteiger partial charge in [0.1, 0.15) is 0 Å². The third-order valence-electron chi connectivity index (χ3n) is 0.920. The monoisotopic (exact) mass is 114 g/mol. The van der Waals surface area contributed by atoms with Crippen LogP contribution in [-0.2, 0) is 0 Å². The van der Waals surface area contributed by atoms with Crippen LogP contribution in [0.25, 0.3) is 0 Å². The normalized spacial score (nSPS) is 9.12. The largest absolute Gasteiger partial charge is 0.317 e. The lowest BCUT2D eigenvalue weighted by Crippen LogP contribution is -2.14. The molecule has 0 rings (SSSR count). The highest BCUT2D eigenvalue weighted by molar-refractivity contribution is 5.22. The van der Waals surface area contributed by atoms with Crippen LogP contribution in [-0.4, -0.2) is 26.4 Å². The molecule has 8 heavy (non-hydrogen) atoms. The van der Waals surface area contributed by atoms with Crippen LogP contribution in [0.1, 0.15) is 13.3 Å². The molecule has 0 aromatic carbocycles. The second-order valence-electron chi connectivity index (χ2n) is 1.65. The SMILES string of the molecule is C=NCCCNCC. The average Bonchev–Trinajstić information content (AvgIpc) is 1.81. The van der Waals surface area contributed by atoms with Crippen molar-refractivity contribution in [2.24, 2.45) is 4.99 Å². The lowest BCUT2D eigenvalue weighted by Gasteiger charge is -1.95. The van der Waals surface area contributed by atoms with E-state index in [-0.39, 0.29) is 0 Å². The van der Waals surface area contributed by atoms with Crippen molar-refractivity contribution >= 4 is 6.72 Å².